The van der Waals surface area contributed by atoms with Crippen LogP contribution in [0.4, 0.5) is 5.95 Å². The topological polar surface area (TPSA) is 62.2 Å². The van der Waals surface area contributed by atoms with Gasteiger partial charge in [0.1, 0.15) is 5.69 Å². The molecule has 1 aliphatic rings. The van der Waals surface area contributed by atoms with E-state index in [1.165, 1.54) is 11.3 Å². The fraction of sp³-hybridized carbons (Fsp3) is 0.333. The molecule has 1 saturated heterocycles. The molecule has 3 aromatic rings. The van der Waals surface area contributed by atoms with Crippen molar-refractivity contribution in [1.29, 1.82) is 0 Å². The predicted molar refractivity (Wildman–Crippen MR) is 99.1 cm³/mol. The number of thiazole rings is 1. The van der Waals surface area contributed by atoms with Crippen molar-refractivity contribution in [2.24, 2.45) is 0 Å². The van der Waals surface area contributed by atoms with E-state index in [-0.39, 0.29) is 11.9 Å². The highest BCUT2D eigenvalue weighted by molar-refractivity contribution is 7.07. The van der Waals surface area contributed by atoms with Crippen LogP contribution in [0.1, 0.15) is 23.1 Å². The van der Waals surface area contributed by atoms with Crippen LogP contribution in [0.5, 0.6) is 0 Å². The summed E-state index contributed by atoms with van der Waals surface area (Å²) in [4.78, 5) is 30.1. The van der Waals surface area contributed by atoms with Crippen LogP contribution in [0.3, 0.4) is 0 Å². The maximum absolute atomic E-state index is 12.6. The van der Waals surface area contributed by atoms with Crippen LogP contribution >= 0.6 is 11.3 Å². The highest BCUT2D eigenvalue weighted by Crippen LogP contribution is 2.22. The van der Waals surface area contributed by atoms with E-state index in [0.29, 0.717) is 18.8 Å². The Kier molecular flexibility index (Phi) is 4.09. The summed E-state index contributed by atoms with van der Waals surface area (Å²) < 4.78 is 0. The number of benzene rings is 1. The Morgan fingerprint density at radius 3 is 2.84 bits per heavy atom. The Balaban J connectivity index is 1.55. The van der Waals surface area contributed by atoms with Gasteiger partial charge in [-0.2, -0.15) is 0 Å². The second kappa shape index (κ2) is 6.40. The van der Waals surface area contributed by atoms with Gasteiger partial charge in [0.2, 0.25) is 5.95 Å². The van der Waals surface area contributed by atoms with Crippen molar-refractivity contribution in [2.75, 3.05) is 24.5 Å². The van der Waals surface area contributed by atoms with E-state index in [2.05, 4.69) is 21.8 Å². The van der Waals surface area contributed by atoms with E-state index >= 15 is 0 Å². The predicted octanol–water partition coefficient (Wildman–Crippen LogP) is 2.75. The number of rotatable bonds is 2. The van der Waals surface area contributed by atoms with Crippen LogP contribution in [0.25, 0.3) is 10.9 Å². The molecule has 2 aromatic heterocycles. The van der Waals surface area contributed by atoms with Crippen molar-refractivity contribution in [3.8, 4) is 0 Å². The fourth-order valence-electron chi connectivity index (χ4n) is 3.27. The number of carbonyl (C=O) groups excluding carboxylic acids is 1. The normalized spacial score (nSPS) is 17.9. The SMILES string of the molecule is Cc1nc(N2CCN(C(=O)c3cscn3)[C@@H](C)C2)nc2ccccc12. The number of para-hydroxylation sites is 1. The van der Waals surface area contributed by atoms with Crippen LogP contribution in [-0.2, 0) is 0 Å². The molecule has 7 heteroatoms. The van der Waals surface area contributed by atoms with Gasteiger partial charge in [-0.25, -0.2) is 15.0 Å². The van der Waals surface area contributed by atoms with Crippen LogP contribution in [0.15, 0.2) is 35.2 Å². The van der Waals surface area contributed by atoms with E-state index in [9.17, 15) is 4.79 Å². The first kappa shape index (κ1) is 16.0. The maximum Gasteiger partial charge on any atom is 0.273 e. The zero-order chi connectivity index (χ0) is 17.4. The average Bonchev–Trinajstić information content (AvgIpc) is 3.16. The highest BCUT2D eigenvalue weighted by atomic mass is 32.1. The lowest BCUT2D eigenvalue weighted by atomic mass is 10.1. The largest absolute Gasteiger partial charge is 0.337 e. The second-order valence-corrected chi connectivity index (χ2v) is 7.01. The molecule has 1 amide bonds. The molecule has 3 heterocycles. The molecule has 25 heavy (non-hydrogen) atoms. The molecule has 0 unspecified atom stereocenters. The lowest BCUT2D eigenvalue weighted by Gasteiger charge is -2.39. The summed E-state index contributed by atoms with van der Waals surface area (Å²) in [6.07, 6.45) is 0. The van der Waals surface area contributed by atoms with Crippen molar-refractivity contribution < 1.29 is 4.79 Å². The number of fused-ring (bicyclic) bond motifs is 1. The number of carbonyl (C=O) groups is 1. The van der Waals surface area contributed by atoms with Gasteiger partial charge in [-0.3, -0.25) is 4.79 Å². The number of amides is 1. The molecule has 0 radical (unpaired) electrons. The molecule has 0 aliphatic carbocycles. The number of hydrogen-bond donors (Lipinski definition) is 0. The Bertz CT molecular complexity index is 911. The third-order valence-electron chi connectivity index (χ3n) is 4.60. The minimum absolute atomic E-state index is 0.00371. The van der Waals surface area contributed by atoms with Crippen molar-refractivity contribution in [1.82, 2.24) is 19.9 Å². The van der Waals surface area contributed by atoms with Gasteiger partial charge < -0.3 is 9.80 Å². The average molecular weight is 353 g/mol. The smallest absolute Gasteiger partial charge is 0.273 e. The summed E-state index contributed by atoms with van der Waals surface area (Å²) in [6, 6.07) is 8.13. The fourth-order valence-corrected chi connectivity index (χ4v) is 3.79. The Morgan fingerprint density at radius 1 is 1.24 bits per heavy atom. The van der Waals surface area contributed by atoms with Gasteiger partial charge in [0.15, 0.2) is 0 Å². The first-order valence-electron chi connectivity index (χ1n) is 8.31. The zero-order valence-electron chi connectivity index (χ0n) is 14.2. The van der Waals surface area contributed by atoms with Gasteiger partial charge in [-0.15, -0.1) is 11.3 Å². The van der Waals surface area contributed by atoms with Gasteiger partial charge in [0, 0.05) is 36.4 Å². The third-order valence-corrected chi connectivity index (χ3v) is 5.19. The quantitative estimate of drug-likeness (QED) is 0.709. The lowest BCUT2D eigenvalue weighted by Crippen LogP contribution is -2.54. The van der Waals surface area contributed by atoms with Crippen molar-refractivity contribution >= 4 is 34.1 Å². The van der Waals surface area contributed by atoms with E-state index in [0.717, 1.165) is 29.1 Å². The van der Waals surface area contributed by atoms with Crippen molar-refractivity contribution in [3.05, 3.63) is 46.5 Å². The minimum atomic E-state index is 0.00371. The molecule has 1 atom stereocenters. The molecule has 1 aliphatic heterocycles. The molecular weight excluding hydrogens is 334 g/mol. The van der Waals surface area contributed by atoms with E-state index in [4.69, 9.17) is 4.98 Å². The molecule has 0 bridgehead atoms. The van der Waals surface area contributed by atoms with E-state index in [1.807, 2.05) is 36.1 Å². The Labute approximate surface area is 150 Å². The van der Waals surface area contributed by atoms with Crippen molar-refractivity contribution in [3.63, 3.8) is 0 Å². The molecule has 0 N–H and O–H groups in total. The maximum atomic E-state index is 12.6. The van der Waals surface area contributed by atoms with Gasteiger partial charge >= 0.3 is 0 Å². The standard InChI is InChI=1S/C18H19N5OS/c1-12-9-22(7-8-23(12)17(24)16-10-25-11-19-16)18-20-13(2)14-5-3-4-6-15(14)21-18/h3-6,10-12H,7-9H2,1-2H3/t12-/m0/s1. The van der Waals surface area contributed by atoms with Crippen LogP contribution in [-0.4, -0.2) is 51.4 Å². The van der Waals surface area contributed by atoms with Gasteiger partial charge in [-0.05, 0) is 19.9 Å². The molecule has 1 aromatic carbocycles. The van der Waals surface area contributed by atoms with Crippen molar-refractivity contribution in [2.45, 2.75) is 19.9 Å². The third kappa shape index (κ3) is 2.95. The monoisotopic (exact) mass is 353 g/mol. The summed E-state index contributed by atoms with van der Waals surface area (Å²) in [5.74, 6) is 0.743. The zero-order valence-corrected chi connectivity index (χ0v) is 15.0. The second-order valence-electron chi connectivity index (χ2n) is 6.29. The highest BCUT2D eigenvalue weighted by Gasteiger charge is 2.30. The van der Waals surface area contributed by atoms with Gasteiger partial charge in [0.05, 0.1) is 16.7 Å². The summed E-state index contributed by atoms with van der Waals surface area (Å²) in [5, 5.41) is 2.88. The summed E-state index contributed by atoms with van der Waals surface area (Å²) >= 11 is 1.44. The molecule has 0 saturated carbocycles. The molecule has 6 nitrogen and oxygen atoms in total. The lowest BCUT2D eigenvalue weighted by molar-refractivity contribution is 0.0668. The van der Waals surface area contributed by atoms with Crippen LogP contribution < -0.4 is 4.90 Å². The molecule has 4 rings (SSSR count). The Morgan fingerprint density at radius 2 is 2.08 bits per heavy atom. The minimum Gasteiger partial charge on any atom is -0.337 e. The number of aryl methyl sites for hydroxylation is 1. The first-order chi connectivity index (χ1) is 12.1. The summed E-state index contributed by atoms with van der Waals surface area (Å²) in [6.45, 7) is 6.15. The summed E-state index contributed by atoms with van der Waals surface area (Å²) in [5.41, 5.74) is 4.16. The molecule has 128 valence electrons. The molecule has 1 fully saturated rings. The van der Waals surface area contributed by atoms with Gasteiger partial charge in [0.25, 0.3) is 5.91 Å². The first-order valence-corrected chi connectivity index (χ1v) is 9.25. The number of piperazine rings is 1. The number of aromatic nitrogens is 3. The van der Waals surface area contributed by atoms with E-state index < -0.39 is 0 Å². The van der Waals surface area contributed by atoms with Crippen LogP contribution in [0, 0.1) is 6.92 Å². The molecular formula is C18H19N5OS. The number of nitrogens with zero attached hydrogens (tertiary/aromatic N) is 5. The van der Waals surface area contributed by atoms with E-state index in [1.54, 1.807) is 10.9 Å². The van der Waals surface area contributed by atoms with Gasteiger partial charge in [-0.1, -0.05) is 18.2 Å². The van der Waals surface area contributed by atoms with Crippen LogP contribution in [0.2, 0.25) is 0 Å². The number of hydrogen-bond acceptors (Lipinski definition) is 6. The molecule has 0 spiro atoms. The number of anilines is 1. The summed E-state index contributed by atoms with van der Waals surface area (Å²) in [7, 11) is 0. The Hall–Kier alpha value is -2.54.